The molecule has 5 heterocycles. The van der Waals surface area contributed by atoms with Crippen LogP contribution in [0.3, 0.4) is 0 Å². The maximum absolute atomic E-state index is 6.63. The number of nitrogens with zero attached hydrogens (tertiary/aromatic N) is 5. The fraction of sp³-hybridized carbons (Fsp3) is 0. The van der Waals surface area contributed by atoms with Gasteiger partial charge >= 0.3 is 0 Å². The molecule has 0 N–H and O–H groups in total. The normalized spacial score (nSPS) is 11.9. The van der Waals surface area contributed by atoms with Crippen molar-refractivity contribution >= 4 is 87.5 Å². The van der Waals surface area contributed by atoms with Gasteiger partial charge in [0.1, 0.15) is 22.3 Å². The predicted octanol–water partition coefficient (Wildman–Crippen LogP) is 18.2. The van der Waals surface area contributed by atoms with Gasteiger partial charge < -0.3 is 18.0 Å². The molecule has 16 rings (SSSR count). The quantitative estimate of drug-likeness (QED) is 0.159. The van der Waals surface area contributed by atoms with Gasteiger partial charge in [-0.25, -0.2) is 15.0 Å². The van der Waals surface area contributed by atoms with Crippen molar-refractivity contribution < 1.29 is 8.83 Å². The smallest absolute Gasteiger partial charge is 0.164 e. The Balaban J connectivity index is 0.848. The molecule has 11 aromatic carbocycles. The van der Waals surface area contributed by atoms with Crippen LogP contribution in [0.5, 0.6) is 0 Å². The van der Waals surface area contributed by atoms with Crippen LogP contribution in [0.4, 0.5) is 0 Å². The van der Waals surface area contributed by atoms with Gasteiger partial charge in [0.05, 0.1) is 22.1 Å². The fourth-order valence-corrected chi connectivity index (χ4v) is 11.6. The molecule has 0 saturated heterocycles. The molecule has 0 spiro atoms. The molecule has 0 radical (unpaired) electrons. The summed E-state index contributed by atoms with van der Waals surface area (Å²) in [5.74, 6) is 1.69. The second-order valence-electron chi connectivity index (χ2n) is 19.5. The molecule has 0 fully saturated rings. The van der Waals surface area contributed by atoms with Crippen molar-refractivity contribution in [2.75, 3.05) is 0 Å². The van der Waals surface area contributed by atoms with E-state index in [2.05, 4.69) is 191 Å². The van der Waals surface area contributed by atoms with Crippen molar-refractivity contribution in [1.82, 2.24) is 24.1 Å². The van der Waals surface area contributed by atoms with Crippen molar-refractivity contribution in [2.24, 2.45) is 0 Å². The first-order valence-electron chi connectivity index (χ1n) is 25.6. The third-order valence-corrected chi connectivity index (χ3v) is 15.2. The SMILES string of the molecule is c1ccc(-c2nc(-c3ccc4c(c3)oc3ccccc34)nc(-c3cccc4oc5ccc(-c6ccc7c(c6)c6cc(-c8ccc9c(c8)c8ccccc8n9-c8ccccc8)ccc6n7-c6ccccc6)cc5c34)n2)cc1. The van der Waals surface area contributed by atoms with Crippen molar-refractivity contribution in [2.45, 2.75) is 0 Å². The van der Waals surface area contributed by atoms with Gasteiger partial charge in [0.25, 0.3) is 0 Å². The number of rotatable bonds is 7. The van der Waals surface area contributed by atoms with E-state index >= 15 is 0 Å². The first-order chi connectivity index (χ1) is 37.6. The number of benzene rings is 11. The molecule has 354 valence electrons. The molecule has 0 aliphatic rings. The molecule has 5 aromatic heterocycles. The van der Waals surface area contributed by atoms with Gasteiger partial charge in [-0.3, -0.25) is 0 Å². The van der Waals surface area contributed by atoms with E-state index in [0.29, 0.717) is 17.5 Å². The van der Waals surface area contributed by atoms with Crippen LogP contribution in [0.15, 0.2) is 258 Å². The van der Waals surface area contributed by atoms with E-state index in [1.54, 1.807) is 0 Å². The van der Waals surface area contributed by atoms with E-state index < -0.39 is 0 Å². The molecular weight excluding hydrogens is 931 g/mol. The average molecular weight is 972 g/mol. The topological polar surface area (TPSA) is 74.8 Å². The highest BCUT2D eigenvalue weighted by Gasteiger charge is 2.21. The molecule has 16 aromatic rings. The summed E-state index contributed by atoms with van der Waals surface area (Å²) in [6.45, 7) is 0. The molecule has 7 nitrogen and oxygen atoms in total. The summed E-state index contributed by atoms with van der Waals surface area (Å²) in [6.07, 6.45) is 0. The highest BCUT2D eigenvalue weighted by Crippen LogP contribution is 2.43. The van der Waals surface area contributed by atoms with Gasteiger partial charge in [0.2, 0.25) is 0 Å². The summed E-state index contributed by atoms with van der Waals surface area (Å²) >= 11 is 0. The van der Waals surface area contributed by atoms with Crippen LogP contribution >= 0.6 is 0 Å². The molecule has 0 atom stereocenters. The molecule has 0 unspecified atom stereocenters. The molecule has 0 amide bonds. The largest absolute Gasteiger partial charge is 0.456 e. The van der Waals surface area contributed by atoms with Gasteiger partial charge in [0, 0.05) is 71.2 Å². The standard InChI is InChI=1S/C69H41N5O2/c1-4-15-42(16-5-1)67-70-68(47-27-32-52-51-22-11-13-25-62(51)76-65(52)41-47)72-69(71-67)53-23-14-26-64-66(53)57-40-46(31-36-63(57)75-64)45-30-35-61-56(39-45)55-38-44(29-34-60(55)74(61)49-19-8-3-9-20-49)43-28-33-59-54(37-43)50-21-10-12-24-58(50)73(59)48-17-6-2-7-18-48/h1-41H. The molecule has 0 aliphatic heterocycles. The minimum Gasteiger partial charge on any atom is -0.456 e. The number of hydrogen-bond acceptors (Lipinski definition) is 5. The molecular formula is C69H41N5O2. The summed E-state index contributed by atoms with van der Waals surface area (Å²) in [7, 11) is 0. The van der Waals surface area contributed by atoms with E-state index in [4.69, 9.17) is 23.8 Å². The minimum atomic E-state index is 0.555. The first kappa shape index (κ1) is 42.2. The number of furan rings is 2. The van der Waals surface area contributed by atoms with Crippen LogP contribution in [-0.2, 0) is 0 Å². The van der Waals surface area contributed by atoms with E-state index in [1.807, 2.05) is 66.7 Å². The Hall–Kier alpha value is -10.4. The van der Waals surface area contributed by atoms with Crippen LogP contribution in [0.25, 0.3) is 155 Å². The van der Waals surface area contributed by atoms with Gasteiger partial charge in [-0.15, -0.1) is 0 Å². The zero-order valence-electron chi connectivity index (χ0n) is 40.7. The van der Waals surface area contributed by atoms with Crippen molar-refractivity contribution in [3.8, 4) is 67.8 Å². The third-order valence-electron chi connectivity index (χ3n) is 15.2. The lowest BCUT2D eigenvalue weighted by Crippen LogP contribution is -2.00. The Kier molecular flexibility index (Phi) is 9.20. The Morgan fingerprint density at radius 2 is 0.697 bits per heavy atom. The monoisotopic (exact) mass is 971 g/mol. The van der Waals surface area contributed by atoms with Gasteiger partial charge in [0.15, 0.2) is 17.5 Å². The lowest BCUT2D eigenvalue weighted by Gasteiger charge is -2.10. The Bertz CT molecular complexity index is 4990. The van der Waals surface area contributed by atoms with Gasteiger partial charge in [-0.05, 0) is 125 Å². The molecule has 76 heavy (non-hydrogen) atoms. The molecule has 0 bridgehead atoms. The maximum Gasteiger partial charge on any atom is 0.164 e. The van der Waals surface area contributed by atoms with Crippen LogP contribution in [0.1, 0.15) is 0 Å². The summed E-state index contributed by atoms with van der Waals surface area (Å²) in [5.41, 5.74) is 17.2. The predicted molar refractivity (Wildman–Crippen MR) is 310 cm³/mol. The van der Waals surface area contributed by atoms with Crippen LogP contribution in [0, 0.1) is 0 Å². The zero-order valence-corrected chi connectivity index (χ0v) is 40.7. The Labute approximate surface area is 434 Å². The van der Waals surface area contributed by atoms with Crippen LogP contribution in [-0.4, -0.2) is 24.1 Å². The molecule has 0 aliphatic carbocycles. The highest BCUT2D eigenvalue weighted by molar-refractivity contribution is 6.15. The van der Waals surface area contributed by atoms with E-state index in [1.165, 1.54) is 38.1 Å². The first-order valence-corrected chi connectivity index (χ1v) is 25.6. The third kappa shape index (κ3) is 6.59. The second-order valence-corrected chi connectivity index (χ2v) is 19.5. The van der Waals surface area contributed by atoms with Crippen LogP contribution in [0.2, 0.25) is 0 Å². The van der Waals surface area contributed by atoms with Crippen molar-refractivity contribution in [1.29, 1.82) is 0 Å². The number of aromatic nitrogens is 5. The number of fused-ring (bicyclic) bond motifs is 12. The molecule has 0 saturated carbocycles. The number of para-hydroxylation sites is 4. The van der Waals surface area contributed by atoms with E-state index in [-0.39, 0.29) is 0 Å². The van der Waals surface area contributed by atoms with E-state index in [9.17, 15) is 0 Å². The minimum absolute atomic E-state index is 0.555. The van der Waals surface area contributed by atoms with Gasteiger partial charge in [-0.2, -0.15) is 0 Å². The Morgan fingerprint density at radius 1 is 0.250 bits per heavy atom. The highest BCUT2D eigenvalue weighted by atomic mass is 16.3. The maximum atomic E-state index is 6.63. The van der Waals surface area contributed by atoms with Gasteiger partial charge in [-0.1, -0.05) is 146 Å². The Morgan fingerprint density at radius 3 is 1.36 bits per heavy atom. The molecule has 7 heteroatoms. The van der Waals surface area contributed by atoms with Crippen molar-refractivity contribution in [3.05, 3.63) is 249 Å². The average Bonchev–Trinajstić information content (AvgIpc) is 4.26. The summed E-state index contributed by atoms with van der Waals surface area (Å²) in [6, 6.07) is 87.7. The van der Waals surface area contributed by atoms with Crippen LogP contribution < -0.4 is 0 Å². The lowest BCUT2D eigenvalue weighted by molar-refractivity contribution is 0.668. The fourth-order valence-electron chi connectivity index (χ4n) is 11.6. The van der Waals surface area contributed by atoms with E-state index in [0.717, 1.165) is 99.7 Å². The number of hydrogen-bond donors (Lipinski definition) is 0. The summed E-state index contributed by atoms with van der Waals surface area (Å²) in [5, 5.41) is 8.86. The second kappa shape index (κ2) is 16.6. The zero-order chi connectivity index (χ0) is 49.8. The summed E-state index contributed by atoms with van der Waals surface area (Å²) < 4.78 is 17.7. The van der Waals surface area contributed by atoms with Crippen molar-refractivity contribution in [3.63, 3.8) is 0 Å². The summed E-state index contributed by atoms with van der Waals surface area (Å²) in [4.78, 5) is 15.5. The lowest BCUT2D eigenvalue weighted by atomic mass is 9.98.